The van der Waals surface area contributed by atoms with Crippen molar-refractivity contribution in [1.29, 1.82) is 21.0 Å². The van der Waals surface area contributed by atoms with Crippen molar-refractivity contribution in [2.75, 3.05) is 0 Å². The maximum absolute atomic E-state index is 14.4. The molecule has 0 aliphatic heterocycles. The van der Waals surface area contributed by atoms with Crippen molar-refractivity contribution in [1.82, 2.24) is 19.9 Å². The van der Waals surface area contributed by atoms with Crippen LogP contribution < -0.4 is 10.4 Å². The maximum atomic E-state index is 14.4. The summed E-state index contributed by atoms with van der Waals surface area (Å²) in [4.78, 5) is 15.6. The van der Waals surface area contributed by atoms with Gasteiger partial charge in [0.2, 0.25) is 0 Å². The summed E-state index contributed by atoms with van der Waals surface area (Å²) < 4.78 is 86.6. The molecule has 0 unspecified atom stereocenters. The Kier molecular flexibility index (Phi) is 7.14. The van der Waals surface area contributed by atoms with Crippen molar-refractivity contribution in [3.63, 3.8) is 0 Å². The van der Waals surface area contributed by atoms with Gasteiger partial charge in [0, 0.05) is 11.1 Å². The van der Waals surface area contributed by atoms with Gasteiger partial charge in [-0.1, -0.05) is 60.7 Å². The molecule has 212 valence electrons. The number of hydrogen-bond acceptors (Lipinski definition) is 8. The molecule has 0 fully saturated rings. The highest BCUT2D eigenvalue weighted by Gasteiger charge is 2.40. The summed E-state index contributed by atoms with van der Waals surface area (Å²) in [6.07, 6.45) is -10.3. The minimum atomic E-state index is -5.16. The van der Waals surface area contributed by atoms with Crippen LogP contribution >= 0.6 is 0 Å². The van der Waals surface area contributed by atoms with Gasteiger partial charge in [0.1, 0.15) is 68.9 Å². The molecule has 3 aromatic carbocycles. The third-order valence-corrected chi connectivity index (χ3v) is 6.32. The number of aromatic nitrogens is 4. The molecule has 8 nitrogen and oxygen atoms in total. The zero-order valence-electron chi connectivity index (χ0n) is 21.6. The van der Waals surface area contributed by atoms with Crippen LogP contribution in [0.4, 0.5) is 26.3 Å². The molecule has 0 radical (unpaired) electrons. The molecule has 44 heavy (non-hydrogen) atoms. The third-order valence-electron chi connectivity index (χ3n) is 6.32. The van der Waals surface area contributed by atoms with E-state index in [1.807, 2.05) is 0 Å². The normalized spacial score (nSPS) is 11.3. The Morgan fingerprint density at radius 2 is 0.773 bits per heavy atom. The molecule has 2 heterocycles. The molecule has 5 rings (SSSR count). The van der Waals surface area contributed by atoms with Crippen molar-refractivity contribution in [2.24, 2.45) is 0 Å². The summed E-state index contributed by atoms with van der Waals surface area (Å²) in [5, 5.41) is 37.7. The fraction of sp³-hybridized carbons (Fsp3) is 0.0667. The van der Waals surface area contributed by atoms with Crippen LogP contribution in [0.25, 0.3) is 55.7 Å². The average molecular weight is 596 g/mol. The Morgan fingerprint density at radius 1 is 0.477 bits per heavy atom. The molecule has 2 aromatic heterocycles. The minimum absolute atomic E-state index is 0.108. The lowest BCUT2D eigenvalue weighted by molar-refractivity contribution is -0.141. The Labute approximate surface area is 242 Å². The molecule has 0 aliphatic rings. The Morgan fingerprint density at radius 3 is 1.05 bits per heavy atom. The second kappa shape index (κ2) is 10.8. The molecule has 14 heteroatoms. The lowest BCUT2D eigenvalue weighted by Gasteiger charge is -2.16. The van der Waals surface area contributed by atoms with Gasteiger partial charge < -0.3 is 0 Å². The SMILES string of the molecule is N#CC(C#N)=c1c2nc(-c3ccccc3)c(C(F)(F)F)nc2c(=C(C#N)C#N)c2nc(-c3ccccc3)c(C(F)(F)F)nc12. The molecule has 0 amide bonds. The van der Waals surface area contributed by atoms with Crippen LogP contribution in [-0.2, 0) is 12.4 Å². The van der Waals surface area contributed by atoms with Crippen LogP contribution in [0.2, 0.25) is 0 Å². The van der Waals surface area contributed by atoms with E-state index in [1.54, 1.807) is 0 Å². The Balaban J connectivity index is 2.23. The fourth-order valence-corrected chi connectivity index (χ4v) is 4.53. The van der Waals surface area contributed by atoms with E-state index in [9.17, 15) is 47.4 Å². The quantitative estimate of drug-likeness (QED) is 0.196. The second-order valence-electron chi connectivity index (χ2n) is 8.91. The first-order valence-electron chi connectivity index (χ1n) is 12.1. The average Bonchev–Trinajstić information content (AvgIpc) is 3.01. The van der Waals surface area contributed by atoms with Crippen LogP contribution in [0.15, 0.2) is 60.7 Å². The number of alkyl halides is 6. The standard InChI is InChI=1S/C30H10F6N8/c31-29(32,33)27-21(15-7-3-1-4-8-15)41-23-19(17(11-37)12-38)26-24(20(25(23)43-27)18(13-39)14-40)42-22(16-9-5-2-6-10-16)28(44-26)30(34,35)36/h1-10H. The minimum Gasteiger partial charge on any atom is -0.243 e. The summed E-state index contributed by atoms with van der Waals surface area (Å²) in [6.45, 7) is 0. The molecule has 0 aliphatic carbocycles. The molecule has 0 N–H and O–H groups in total. The number of halogens is 6. The van der Waals surface area contributed by atoms with Crippen LogP contribution in [-0.4, -0.2) is 19.9 Å². The highest BCUT2D eigenvalue weighted by Crippen LogP contribution is 2.37. The molecule has 0 bridgehead atoms. The van der Waals surface area contributed by atoms with Crippen molar-refractivity contribution >= 4 is 33.2 Å². The third kappa shape index (κ3) is 4.87. The number of fused-ring (bicyclic) bond motifs is 2. The maximum Gasteiger partial charge on any atom is 0.435 e. The van der Waals surface area contributed by atoms with E-state index in [0.717, 1.165) is 0 Å². The zero-order chi connectivity index (χ0) is 31.8. The molecular formula is C30H10F6N8. The van der Waals surface area contributed by atoms with E-state index in [2.05, 4.69) is 19.9 Å². The highest BCUT2D eigenvalue weighted by atomic mass is 19.4. The monoisotopic (exact) mass is 596 g/mol. The van der Waals surface area contributed by atoms with Gasteiger partial charge in [-0.25, -0.2) is 19.9 Å². The predicted octanol–water partition coefficient (Wildman–Crippen LogP) is 5.34. The Hall–Kier alpha value is -6.38. The summed E-state index contributed by atoms with van der Waals surface area (Å²) in [6, 6.07) is 19.8. The topological polar surface area (TPSA) is 147 Å². The van der Waals surface area contributed by atoms with Gasteiger partial charge in [-0.15, -0.1) is 0 Å². The lowest BCUT2D eigenvalue weighted by Crippen LogP contribution is -2.26. The summed E-state index contributed by atoms with van der Waals surface area (Å²) >= 11 is 0. The molecule has 5 aromatic rings. The summed E-state index contributed by atoms with van der Waals surface area (Å²) in [7, 11) is 0. The number of hydrogen-bond donors (Lipinski definition) is 0. The first-order valence-corrected chi connectivity index (χ1v) is 12.1. The summed E-state index contributed by atoms with van der Waals surface area (Å²) in [5.41, 5.74) is -9.58. The number of rotatable bonds is 2. The second-order valence-corrected chi connectivity index (χ2v) is 8.91. The van der Waals surface area contributed by atoms with Gasteiger partial charge in [0.25, 0.3) is 0 Å². The van der Waals surface area contributed by atoms with Gasteiger partial charge in [-0.3, -0.25) is 0 Å². The van der Waals surface area contributed by atoms with Crippen molar-refractivity contribution in [3.8, 4) is 46.8 Å². The number of benzene rings is 3. The van der Waals surface area contributed by atoms with Crippen molar-refractivity contribution in [3.05, 3.63) is 82.5 Å². The first kappa shape index (κ1) is 29.1. The zero-order valence-corrected chi connectivity index (χ0v) is 21.6. The smallest absolute Gasteiger partial charge is 0.243 e. The van der Waals surface area contributed by atoms with E-state index in [-0.39, 0.29) is 11.1 Å². The van der Waals surface area contributed by atoms with Crippen molar-refractivity contribution in [2.45, 2.75) is 12.4 Å². The molecule has 0 saturated carbocycles. The molecule has 0 saturated heterocycles. The van der Waals surface area contributed by atoms with E-state index in [1.165, 1.54) is 84.9 Å². The number of nitrogens with zero attached hydrogens (tertiary/aromatic N) is 8. The van der Waals surface area contributed by atoms with Crippen LogP contribution in [0.1, 0.15) is 11.4 Å². The van der Waals surface area contributed by atoms with Crippen LogP contribution in [0.3, 0.4) is 0 Å². The lowest BCUT2D eigenvalue weighted by atomic mass is 10.0. The highest BCUT2D eigenvalue weighted by molar-refractivity contribution is 6.01. The number of nitriles is 4. The predicted molar refractivity (Wildman–Crippen MR) is 142 cm³/mol. The van der Waals surface area contributed by atoms with Crippen LogP contribution in [0, 0.1) is 45.3 Å². The van der Waals surface area contributed by atoms with Gasteiger partial charge >= 0.3 is 12.4 Å². The molecule has 0 atom stereocenters. The fourth-order valence-electron chi connectivity index (χ4n) is 4.53. The van der Waals surface area contributed by atoms with Gasteiger partial charge in [-0.05, 0) is 0 Å². The van der Waals surface area contributed by atoms with Gasteiger partial charge in [0.15, 0.2) is 11.4 Å². The van der Waals surface area contributed by atoms with Gasteiger partial charge in [-0.2, -0.15) is 47.4 Å². The van der Waals surface area contributed by atoms with E-state index < -0.39 is 78.8 Å². The van der Waals surface area contributed by atoms with E-state index in [0.29, 0.717) is 0 Å². The Bertz CT molecular complexity index is 2090. The van der Waals surface area contributed by atoms with Gasteiger partial charge in [0.05, 0.1) is 10.4 Å². The first-order chi connectivity index (χ1) is 20.9. The molecular weight excluding hydrogens is 586 g/mol. The van der Waals surface area contributed by atoms with E-state index in [4.69, 9.17) is 0 Å². The van der Waals surface area contributed by atoms with E-state index >= 15 is 0 Å². The summed E-state index contributed by atoms with van der Waals surface area (Å²) in [5.74, 6) is 0. The largest absolute Gasteiger partial charge is 0.435 e. The van der Waals surface area contributed by atoms with Crippen LogP contribution in [0.5, 0.6) is 0 Å². The van der Waals surface area contributed by atoms with Crippen molar-refractivity contribution < 1.29 is 26.3 Å². The molecule has 0 spiro atoms.